The molecule has 0 saturated carbocycles. The Bertz CT molecular complexity index is 364. The Hall–Kier alpha value is -1.52. The first-order valence-electron chi connectivity index (χ1n) is 4.01. The molecule has 0 saturated heterocycles. The predicted octanol–water partition coefficient (Wildman–Crippen LogP) is 0.275. The lowest BCUT2D eigenvalue weighted by molar-refractivity contribution is -0.141. The van der Waals surface area contributed by atoms with Gasteiger partial charge in [-0.15, -0.1) is 0 Å². The zero-order valence-corrected chi connectivity index (χ0v) is 7.55. The molecule has 0 spiro atoms. The van der Waals surface area contributed by atoms with E-state index < -0.39 is 11.9 Å². The van der Waals surface area contributed by atoms with Crippen LogP contribution in [0.2, 0.25) is 0 Å². The van der Waals surface area contributed by atoms with Crippen molar-refractivity contribution in [2.24, 2.45) is 5.92 Å². The third-order valence-electron chi connectivity index (χ3n) is 2.05. The Labute approximate surface area is 74.8 Å². The van der Waals surface area contributed by atoms with Crippen molar-refractivity contribution in [2.75, 3.05) is 0 Å². The summed E-state index contributed by atoms with van der Waals surface area (Å²) in [6, 6.07) is 0. The van der Waals surface area contributed by atoms with Gasteiger partial charge in [0.2, 0.25) is 0 Å². The zero-order valence-electron chi connectivity index (χ0n) is 7.55. The number of aromatic nitrogens is 2. The Kier molecular flexibility index (Phi) is 2.55. The van der Waals surface area contributed by atoms with Crippen LogP contribution >= 0.6 is 0 Å². The monoisotopic (exact) mass is 184 g/mol. The van der Waals surface area contributed by atoms with Crippen molar-refractivity contribution in [3.8, 4) is 0 Å². The lowest BCUT2D eigenvalue weighted by Gasteiger charge is -2.03. The number of aromatic amines is 2. The van der Waals surface area contributed by atoms with Gasteiger partial charge in [-0.3, -0.25) is 14.7 Å². The standard InChI is InChI=1S/C8H12N2O3/c1-4(8(12)13)3-6-5(2)7(11)10-9-6/h4H,3H2,1-2H3,(H,12,13)(H2,9,10,11). The molecule has 5 nitrogen and oxygen atoms in total. The number of aliphatic carboxylic acids is 1. The number of nitrogens with one attached hydrogen (secondary N) is 2. The van der Waals surface area contributed by atoms with Crippen LogP contribution < -0.4 is 5.56 Å². The number of rotatable bonds is 3. The maximum absolute atomic E-state index is 11.0. The summed E-state index contributed by atoms with van der Waals surface area (Å²) in [5.74, 6) is -1.34. The molecule has 1 aromatic rings. The van der Waals surface area contributed by atoms with Crippen LogP contribution in [0, 0.1) is 12.8 Å². The molecule has 1 rings (SSSR count). The van der Waals surface area contributed by atoms with Gasteiger partial charge in [0.15, 0.2) is 0 Å². The lowest BCUT2D eigenvalue weighted by atomic mass is 10.0. The first kappa shape index (κ1) is 9.57. The third-order valence-corrected chi connectivity index (χ3v) is 2.05. The number of carboxylic acid groups (broad SMARTS) is 1. The highest BCUT2D eigenvalue weighted by atomic mass is 16.4. The quantitative estimate of drug-likeness (QED) is 0.630. The largest absolute Gasteiger partial charge is 0.481 e. The van der Waals surface area contributed by atoms with Crippen molar-refractivity contribution >= 4 is 5.97 Å². The average Bonchev–Trinajstić information content (AvgIpc) is 2.36. The minimum Gasteiger partial charge on any atom is -0.481 e. The molecule has 1 heterocycles. The van der Waals surface area contributed by atoms with Crippen LogP contribution in [0.25, 0.3) is 0 Å². The summed E-state index contributed by atoms with van der Waals surface area (Å²) < 4.78 is 0. The third kappa shape index (κ3) is 1.99. The first-order chi connectivity index (χ1) is 6.02. The Morgan fingerprint density at radius 3 is 2.54 bits per heavy atom. The molecule has 3 N–H and O–H groups in total. The van der Waals surface area contributed by atoms with Gasteiger partial charge >= 0.3 is 5.97 Å². The summed E-state index contributed by atoms with van der Waals surface area (Å²) in [7, 11) is 0. The van der Waals surface area contributed by atoms with Gasteiger partial charge in [-0.25, -0.2) is 0 Å². The van der Waals surface area contributed by atoms with Crippen molar-refractivity contribution in [3.05, 3.63) is 21.6 Å². The number of carboxylic acids is 1. The highest BCUT2D eigenvalue weighted by Crippen LogP contribution is 2.07. The number of hydrogen-bond donors (Lipinski definition) is 3. The SMILES string of the molecule is Cc1c(CC(C)C(=O)O)[nH][nH]c1=O. The van der Waals surface area contributed by atoms with Crippen LogP contribution in [0.5, 0.6) is 0 Å². The van der Waals surface area contributed by atoms with Crippen LogP contribution in [0.15, 0.2) is 4.79 Å². The summed E-state index contributed by atoms with van der Waals surface area (Å²) >= 11 is 0. The number of H-pyrrole nitrogens is 2. The van der Waals surface area contributed by atoms with E-state index in [4.69, 9.17) is 5.11 Å². The van der Waals surface area contributed by atoms with E-state index in [0.29, 0.717) is 17.7 Å². The second kappa shape index (κ2) is 3.47. The summed E-state index contributed by atoms with van der Waals surface area (Å²) in [6.07, 6.45) is 0.347. The van der Waals surface area contributed by atoms with Crippen molar-refractivity contribution < 1.29 is 9.90 Å². The lowest BCUT2D eigenvalue weighted by Crippen LogP contribution is -2.13. The summed E-state index contributed by atoms with van der Waals surface area (Å²) in [5, 5.41) is 13.7. The maximum atomic E-state index is 11.0. The van der Waals surface area contributed by atoms with Crippen LogP contribution in [-0.4, -0.2) is 21.3 Å². The fourth-order valence-corrected chi connectivity index (χ4v) is 1.05. The molecule has 0 amide bonds. The fraction of sp³-hybridized carbons (Fsp3) is 0.500. The van der Waals surface area contributed by atoms with E-state index >= 15 is 0 Å². The van der Waals surface area contributed by atoms with Crippen molar-refractivity contribution in [1.29, 1.82) is 0 Å². The van der Waals surface area contributed by atoms with E-state index in [1.54, 1.807) is 13.8 Å². The summed E-state index contributed by atoms with van der Waals surface area (Å²) in [6.45, 7) is 3.27. The van der Waals surface area contributed by atoms with E-state index in [1.165, 1.54) is 0 Å². The molecule has 0 bridgehead atoms. The van der Waals surface area contributed by atoms with Crippen molar-refractivity contribution in [3.63, 3.8) is 0 Å². The van der Waals surface area contributed by atoms with E-state index in [0.717, 1.165) is 0 Å². The molecule has 0 aliphatic rings. The molecular formula is C8H12N2O3. The second-order valence-corrected chi connectivity index (χ2v) is 3.13. The van der Waals surface area contributed by atoms with Gasteiger partial charge in [0.05, 0.1) is 5.92 Å². The van der Waals surface area contributed by atoms with Gasteiger partial charge in [0, 0.05) is 17.7 Å². The van der Waals surface area contributed by atoms with Gasteiger partial charge in [0.1, 0.15) is 0 Å². The molecule has 0 aliphatic carbocycles. The minimum atomic E-state index is -0.860. The van der Waals surface area contributed by atoms with Gasteiger partial charge in [-0.1, -0.05) is 6.92 Å². The van der Waals surface area contributed by atoms with Gasteiger partial charge in [-0.2, -0.15) is 0 Å². The molecule has 1 atom stereocenters. The number of carbonyl (C=O) groups is 1. The summed E-state index contributed by atoms with van der Waals surface area (Å²) in [5.41, 5.74) is 1.04. The smallest absolute Gasteiger partial charge is 0.306 e. The average molecular weight is 184 g/mol. The molecule has 1 unspecified atom stereocenters. The Balaban J connectivity index is 2.80. The molecular weight excluding hydrogens is 172 g/mol. The minimum absolute atomic E-state index is 0.187. The van der Waals surface area contributed by atoms with Gasteiger partial charge in [0.25, 0.3) is 5.56 Å². The molecule has 72 valence electrons. The first-order valence-corrected chi connectivity index (χ1v) is 4.01. The Morgan fingerprint density at radius 1 is 1.54 bits per heavy atom. The molecule has 0 radical (unpaired) electrons. The van der Waals surface area contributed by atoms with Gasteiger partial charge in [-0.05, 0) is 6.92 Å². The van der Waals surface area contributed by atoms with Crippen molar-refractivity contribution in [1.82, 2.24) is 10.2 Å². The fourth-order valence-electron chi connectivity index (χ4n) is 1.05. The van der Waals surface area contributed by atoms with Crippen molar-refractivity contribution in [2.45, 2.75) is 20.3 Å². The molecule has 0 aromatic carbocycles. The molecule has 13 heavy (non-hydrogen) atoms. The predicted molar refractivity (Wildman–Crippen MR) is 46.7 cm³/mol. The van der Waals surface area contributed by atoms with E-state index in [1.807, 2.05) is 0 Å². The molecule has 0 fully saturated rings. The maximum Gasteiger partial charge on any atom is 0.306 e. The Morgan fingerprint density at radius 2 is 2.15 bits per heavy atom. The highest BCUT2D eigenvalue weighted by Gasteiger charge is 2.14. The van der Waals surface area contributed by atoms with Crippen LogP contribution in [0.3, 0.4) is 0 Å². The topological polar surface area (TPSA) is 85.9 Å². The van der Waals surface area contributed by atoms with E-state index in [9.17, 15) is 9.59 Å². The van der Waals surface area contributed by atoms with E-state index in [2.05, 4.69) is 10.2 Å². The highest BCUT2D eigenvalue weighted by molar-refractivity contribution is 5.69. The number of hydrogen-bond acceptors (Lipinski definition) is 2. The zero-order chi connectivity index (χ0) is 10.0. The summed E-state index contributed by atoms with van der Waals surface area (Å²) in [4.78, 5) is 21.5. The van der Waals surface area contributed by atoms with E-state index in [-0.39, 0.29) is 5.56 Å². The van der Waals surface area contributed by atoms with Crippen LogP contribution in [0.4, 0.5) is 0 Å². The molecule has 5 heteroatoms. The van der Waals surface area contributed by atoms with Crippen LogP contribution in [-0.2, 0) is 11.2 Å². The van der Waals surface area contributed by atoms with Crippen LogP contribution in [0.1, 0.15) is 18.2 Å². The molecule has 1 aromatic heterocycles. The normalized spacial score (nSPS) is 12.8. The molecule has 0 aliphatic heterocycles. The second-order valence-electron chi connectivity index (χ2n) is 3.13. The van der Waals surface area contributed by atoms with Gasteiger partial charge < -0.3 is 10.2 Å².